The molecule has 0 fully saturated rings. The van der Waals surface area contributed by atoms with E-state index in [9.17, 15) is 9.18 Å². The van der Waals surface area contributed by atoms with Crippen LogP contribution < -0.4 is 11.1 Å². The minimum absolute atomic E-state index is 0.261. The fraction of sp³-hybridized carbons (Fsp3) is 0.0909. The van der Waals surface area contributed by atoms with Gasteiger partial charge < -0.3 is 11.1 Å². The van der Waals surface area contributed by atoms with Crippen molar-refractivity contribution in [2.45, 2.75) is 0 Å². The number of aryl methyl sites for hydroxylation is 1. The number of nitrogens with one attached hydrogen (secondary N) is 1. The highest BCUT2D eigenvalue weighted by atomic mass is 19.1. The van der Waals surface area contributed by atoms with Gasteiger partial charge >= 0.3 is 0 Å². The second-order valence-electron chi connectivity index (χ2n) is 3.54. The van der Waals surface area contributed by atoms with Crippen molar-refractivity contribution in [3.05, 3.63) is 41.8 Å². The number of nitrogens with zero attached hydrogens (tertiary/aromatic N) is 2. The Balaban J connectivity index is 2.20. The molecule has 2 rings (SSSR count). The van der Waals surface area contributed by atoms with E-state index in [2.05, 4.69) is 10.4 Å². The van der Waals surface area contributed by atoms with Crippen LogP contribution in [-0.2, 0) is 7.05 Å². The number of hydrogen-bond donors (Lipinski definition) is 2. The molecule has 0 radical (unpaired) electrons. The number of rotatable bonds is 2. The summed E-state index contributed by atoms with van der Waals surface area (Å²) in [6.45, 7) is 0. The Labute approximate surface area is 97.0 Å². The third-order valence-electron chi connectivity index (χ3n) is 2.21. The lowest BCUT2D eigenvalue weighted by atomic mass is 10.3. The Hall–Kier alpha value is -2.37. The molecule has 0 bridgehead atoms. The number of amides is 1. The van der Waals surface area contributed by atoms with Crippen LogP contribution in [0.1, 0.15) is 10.5 Å². The monoisotopic (exact) mass is 234 g/mol. The Bertz CT molecular complexity index is 564. The number of benzene rings is 1. The molecule has 0 atom stereocenters. The Morgan fingerprint density at radius 2 is 2.24 bits per heavy atom. The van der Waals surface area contributed by atoms with Crippen molar-refractivity contribution in [2.75, 3.05) is 11.1 Å². The van der Waals surface area contributed by atoms with Crippen LogP contribution in [0.4, 0.5) is 15.9 Å². The molecule has 0 unspecified atom stereocenters. The van der Waals surface area contributed by atoms with E-state index >= 15 is 0 Å². The summed E-state index contributed by atoms with van der Waals surface area (Å²) < 4.78 is 14.3. The lowest BCUT2D eigenvalue weighted by Gasteiger charge is -2.04. The van der Waals surface area contributed by atoms with Crippen molar-refractivity contribution in [1.29, 1.82) is 0 Å². The van der Waals surface area contributed by atoms with Crippen molar-refractivity contribution in [2.24, 2.45) is 7.05 Å². The predicted molar refractivity (Wildman–Crippen MR) is 62.0 cm³/mol. The van der Waals surface area contributed by atoms with E-state index in [0.29, 0.717) is 11.4 Å². The normalized spacial score (nSPS) is 10.2. The van der Waals surface area contributed by atoms with Gasteiger partial charge in [0.1, 0.15) is 17.3 Å². The predicted octanol–water partition coefficient (Wildman–Crippen LogP) is 1.39. The molecule has 0 spiro atoms. The fourth-order valence-corrected chi connectivity index (χ4v) is 1.46. The van der Waals surface area contributed by atoms with Gasteiger partial charge in [-0.15, -0.1) is 0 Å². The average Bonchev–Trinajstić information content (AvgIpc) is 2.58. The zero-order chi connectivity index (χ0) is 12.4. The first-order valence-corrected chi connectivity index (χ1v) is 4.92. The van der Waals surface area contributed by atoms with Gasteiger partial charge in [0.05, 0.1) is 0 Å². The van der Waals surface area contributed by atoms with Crippen LogP contribution in [0.2, 0.25) is 0 Å². The summed E-state index contributed by atoms with van der Waals surface area (Å²) >= 11 is 0. The summed E-state index contributed by atoms with van der Waals surface area (Å²) in [5, 5.41) is 6.41. The summed E-state index contributed by atoms with van der Waals surface area (Å²) in [5.74, 6) is -0.536. The molecule has 0 aliphatic heterocycles. The van der Waals surface area contributed by atoms with Crippen LogP contribution in [0.25, 0.3) is 0 Å². The molecule has 17 heavy (non-hydrogen) atoms. The number of halogens is 1. The van der Waals surface area contributed by atoms with Gasteiger partial charge in [-0.1, -0.05) is 6.07 Å². The molecule has 3 N–H and O–H groups in total. The van der Waals surface area contributed by atoms with Crippen molar-refractivity contribution < 1.29 is 9.18 Å². The average molecular weight is 234 g/mol. The number of carbonyl (C=O) groups excluding carboxylic acids is 1. The number of nitrogens with two attached hydrogens (primary N) is 1. The molecule has 0 aliphatic carbocycles. The van der Waals surface area contributed by atoms with E-state index in [0.717, 1.165) is 0 Å². The smallest absolute Gasteiger partial charge is 0.274 e. The second-order valence-corrected chi connectivity index (χ2v) is 3.54. The molecule has 0 saturated carbocycles. The van der Waals surface area contributed by atoms with Crippen LogP contribution in [0, 0.1) is 5.82 Å². The number of nitrogen functional groups attached to an aromatic ring is 1. The maximum absolute atomic E-state index is 12.9. The molecule has 1 aromatic carbocycles. The zero-order valence-electron chi connectivity index (χ0n) is 9.14. The molecule has 88 valence electrons. The number of hydrogen-bond acceptors (Lipinski definition) is 3. The van der Waals surface area contributed by atoms with Crippen LogP contribution in [-0.4, -0.2) is 15.7 Å². The van der Waals surface area contributed by atoms with Gasteiger partial charge in [0.25, 0.3) is 5.91 Å². The molecule has 1 heterocycles. The summed E-state index contributed by atoms with van der Waals surface area (Å²) in [6, 6.07) is 7.10. The summed E-state index contributed by atoms with van der Waals surface area (Å²) in [4.78, 5) is 11.8. The zero-order valence-corrected chi connectivity index (χ0v) is 9.14. The first kappa shape index (κ1) is 11.1. The Morgan fingerprint density at radius 3 is 2.82 bits per heavy atom. The van der Waals surface area contributed by atoms with Crippen LogP contribution in [0.15, 0.2) is 30.3 Å². The van der Waals surface area contributed by atoms with Crippen molar-refractivity contribution in [3.63, 3.8) is 0 Å². The molecule has 5 nitrogen and oxygen atoms in total. The third kappa shape index (κ3) is 2.41. The summed E-state index contributed by atoms with van der Waals surface area (Å²) in [6.07, 6.45) is 0. The topological polar surface area (TPSA) is 72.9 Å². The van der Waals surface area contributed by atoms with Crippen molar-refractivity contribution in [1.82, 2.24) is 9.78 Å². The van der Waals surface area contributed by atoms with E-state index in [1.165, 1.54) is 28.9 Å². The molecule has 1 aromatic heterocycles. The number of aromatic nitrogens is 2. The fourth-order valence-electron chi connectivity index (χ4n) is 1.46. The van der Waals surface area contributed by atoms with Gasteiger partial charge in [0.15, 0.2) is 0 Å². The quantitative estimate of drug-likeness (QED) is 0.824. The number of carbonyl (C=O) groups is 1. The standard InChI is InChI=1S/C11H11FN4O/c1-16-9(6-10(13)15-16)11(17)14-8-4-2-3-7(12)5-8/h2-6H,1H3,(H2,13,15)(H,14,17). The van der Waals surface area contributed by atoms with E-state index in [4.69, 9.17) is 5.73 Å². The lowest BCUT2D eigenvalue weighted by Crippen LogP contribution is -2.16. The third-order valence-corrected chi connectivity index (χ3v) is 2.21. The molecular formula is C11H11FN4O. The van der Waals surface area contributed by atoms with Gasteiger partial charge in [-0.3, -0.25) is 9.48 Å². The van der Waals surface area contributed by atoms with E-state index in [1.54, 1.807) is 13.1 Å². The van der Waals surface area contributed by atoms with Crippen LogP contribution >= 0.6 is 0 Å². The Morgan fingerprint density at radius 1 is 1.47 bits per heavy atom. The van der Waals surface area contributed by atoms with E-state index in [1.807, 2.05) is 0 Å². The van der Waals surface area contributed by atoms with Gasteiger partial charge in [-0.05, 0) is 18.2 Å². The molecule has 2 aromatic rings. The summed E-state index contributed by atoms with van der Waals surface area (Å²) in [5.41, 5.74) is 6.16. The van der Waals surface area contributed by atoms with E-state index < -0.39 is 5.82 Å². The highest BCUT2D eigenvalue weighted by Gasteiger charge is 2.12. The van der Waals surface area contributed by atoms with Gasteiger partial charge in [0, 0.05) is 18.8 Å². The highest BCUT2D eigenvalue weighted by molar-refractivity contribution is 6.03. The SMILES string of the molecule is Cn1nc(N)cc1C(=O)Nc1cccc(F)c1. The minimum Gasteiger partial charge on any atom is -0.382 e. The Kier molecular flexibility index (Phi) is 2.78. The first-order valence-electron chi connectivity index (χ1n) is 4.92. The molecule has 0 aliphatic rings. The second kappa shape index (κ2) is 4.25. The molecular weight excluding hydrogens is 223 g/mol. The lowest BCUT2D eigenvalue weighted by molar-refractivity contribution is 0.101. The minimum atomic E-state index is -0.410. The largest absolute Gasteiger partial charge is 0.382 e. The van der Waals surface area contributed by atoms with Gasteiger partial charge in [0.2, 0.25) is 0 Å². The van der Waals surface area contributed by atoms with Gasteiger partial charge in [-0.2, -0.15) is 5.10 Å². The van der Waals surface area contributed by atoms with Crippen molar-refractivity contribution in [3.8, 4) is 0 Å². The molecule has 6 heteroatoms. The van der Waals surface area contributed by atoms with Gasteiger partial charge in [-0.25, -0.2) is 4.39 Å². The molecule has 1 amide bonds. The number of anilines is 2. The van der Waals surface area contributed by atoms with Crippen LogP contribution in [0.3, 0.4) is 0 Å². The van der Waals surface area contributed by atoms with Crippen molar-refractivity contribution >= 4 is 17.4 Å². The summed E-state index contributed by atoms with van der Waals surface area (Å²) in [7, 11) is 1.61. The highest BCUT2D eigenvalue weighted by Crippen LogP contribution is 2.12. The maximum atomic E-state index is 12.9. The first-order chi connectivity index (χ1) is 8.06. The maximum Gasteiger partial charge on any atom is 0.274 e. The van der Waals surface area contributed by atoms with Crippen LogP contribution in [0.5, 0.6) is 0 Å². The van der Waals surface area contributed by atoms with E-state index in [-0.39, 0.29) is 11.7 Å². The molecule has 0 saturated heterocycles.